The van der Waals surface area contributed by atoms with Gasteiger partial charge in [0.2, 0.25) is 5.91 Å². The van der Waals surface area contributed by atoms with Crippen LogP contribution in [-0.4, -0.2) is 52.9 Å². The fourth-order valence-electron chi connectivity index (χ4n) is 4.49. The number of nitrogens with zero attached hydrogens (tertiary/aromatic N) is 8. The van der Waals surface area contributed by atoms with E-state index >= 15 is 0 Å². The number of hydrogen-bond donors (Lipinski definition) is 0. The normalized spacial score (nSPS) is 17.7. The van der Waals surface area contributed by atoms with E-state index in [0.29, 0.717) is 46.5 Å². The molecule has 36 heavy (non-hydrogen) atoms. The van der Waals surface area contributed by atoms with E-state index < -0.39 is 5.82 Å². The molecule has 0 radical (unpaired) electrons. The molecule has 5 rings (SSSR count). The van der Waals surface area contributed by atoms with E-state index in [2.05, 4.69) is 27.2 Å². The minimum absolute atomic E-state index is 0.0315. The van der Waals surface area contributed by atoms with E-state index in [4.69, 9.17) is 9.97 Å². The number of aryl methyl sites for hydroxylation is 1. The SMILES string of the molecule is CC(=O)N1C[C@H](c2nc([N-]c3cc(F)cc(-c4cn(C)cn4)c3)cc(-c3cnccn3)n2)CC[C@@H]1C. The summed E-state index contributed by atoms with van der Waals surface area (Å²) in [5, 5.41) is 4.65. The number of likely N-dealkylation sites (tertiary alicyclic amines) is 1. The van der Waals surface area contributed by atoms with Gasteiger partial charge in [0.1, 0.15) is 11.5 Å². The molecule has 3 aromatic heterocycles. The van der Waals surface area contributed by atoms with Crippen molar-refractivity contribution in [2.75, 3.05) is 6.54 Å². The maximum atomic E-state index is 14.5. The van der Waals surface area contributed by atoms with Crippen molar-refractivity contribution in [1.29, 1.82) is 0 Å². The molecule has 1 fully saturated rings. The molecule has 4 heterocycles. The van der Waals surface area contributed by atoms with Crippen LogP contribution in [-0.2, 0) is 11.8 Å². The number of rotatable bonds is 5. The lowest BCUT2D eigenvalue weighted by molar-refractivity contribution is -0.132. The maximum Gasteiger partial charge on any atom is 0.219 e. The Morgan fingerprint density at radius 3 is 2.64 bits per heavy atom. The monoisotopic (exact) mass is 485 g/mol. The van der Waals surface area contributed by atoms with Gasteiger partial charge < -0.3 is 19.8 Å². The van der Waals surface area contributed by atoms with E-state index in [9.17, 15) is 9.18 Å². The first-order valence-electron chi connectivity index (χ1n) is 11.8. The Morgan fingerprint density at radius 1 is 1.06 bits per heavy atom. The van der Waals surface area contributed by atoms with Gasteiger partial charge in [-0.25, -0.2) is 9.37 Å². The average Bonchev–Trinajstić information content (AvgIpc) is 3.30. The summed E-state index contributed by atoms with van der Waals surface area (Å²) in [6, 6.07) is 6.44. The summed E-state index contributed by atoms with van der Waals surface area (Å²) in [5.41, 5.74) is 2.83. The summed E-state index contributed by atoms with van der Waals surface area (Å²) >= 11 is 0. The fraction of sp³-hybridized carbons (Fsp3) is 0.308. The van der Waals surface area contributed by atoms with Crippen LogP contribution in [0.15, 0.2) is 55.4 Å². The second kappa shape index (κ2) is 9.80. The van der Waals surface area contributed by atoms with Crippen molar-refractivity contribution in [3.8, 4) is 22.6 Å². The summed E-state index contributed by atoms with van der Waals surface area (Å²) in [6.07, 6.45) is 10.00. The van der Waals surface area contributed by atoms with Crippen LogP contribution in [0, 0.1) is 5.82 Å². The summed E-state index contributed by atoms with van der Waals surface area (Å²) < 4.78 is 16.3. The van der Waals surface area contributed by atoms with Gasteiger partial charge in [0.25, 0.3) is 0 Å². The first kappa shape index (κ1) is 23.5. The van der Waals surface area contributed by atoms with Gasteiger partial charge in [0.15, 0.2) is 0 Å². The van der Waals surface area contributed by atoms with E-state index in [1.54, 1.807) is 48.5 Å². The molecular weight excluding hydrogens is 459 g/mol. The Balaban J connectivity index is 1.52. The molecular formula is C26H26FN8O-. The smallest absolute Gasteiger partial charge is 0.219 e. The minimum Gasteiger partial charge on any atom is -0.436 e. The van der Waals surface area contributed by atoms with Gasteiger partial charge in [-0.3, -0.25) is 19.7 Å². The number of carbonyl (C=O) groups is 1. The molecule has 0 spiro atoms. The van der Waals surface area contributed by atoms with Crippen molar-refractivity contribution in [3.63, 3.8) is 0 Å². The lowest BCUT2D eigenvalue weighted by Gasteiger charge is -2.38. The highest BCUT2D eigenvalue weighted by atomic mass is 19.1. The zero-order valence-electron chi connectivity index (χ0n) is 20.3. The minimum atomic E-state index is -0.418. The van der Waals surface area contributed by atoms with Crippen molar-refractivity contribution >= 4 is 17.4 Å². The van der Waals surface area contributed by atoms with Gasteiger partial charge in [-0.05, 0) is 49.7 Å². The summed E-state index contributed by atoms with van der Waals surface area (Å²) in [6.45, 7) is 4.17. The average molecular weight is 486 g/mol. The van der Waals surface area contributed by atoms with Gasteiger partial charge in [0, 0.05) is 62.5 Å². The number of hydrogen-bond acceptors (Lipinski definition) is 6. The molecule has 0 saturated carbocycles. The van der Waals surface area contributed by atoms with Crippen LogP contribution in [0.5, 0.6) is 0 Å². The molecule has 0 bridgehead atoms. The van der Waals surface area contributed by atoms with E-state index in [0.717, 1.165) is 12.8 Å². The molecule has 1 saturated heterocycles. The van der Waals surface area contributed by atoms with Gasteiger partial charge in [-0.2, -0.15) is 0 Å². The zero-order valence-corrected chi connectivity index (χ0v) is 20.3. The molecule has 10 heteroatoms. The van der Waals surface area contributed by atoms with Crippen molar-refractivity contribution in [2.24, 2.45) is 7.05 Å². The van der Waals surface area contributed by atoms with Crippen LogP contribution in [0.4, 0.5) is 15.9 Å². The zero-order chi connectivity index (χ0) is 25.2. The highest BCUT2D eigenvalue weighted by molar-refractivity contribution is 5.74. The van der Waals surface area contributed by atoms with Crippen molar-refractivity contribution in [1.82, 2.24) is 34.4 Å². The molecule has 1 aliphatic heterocycles. The third-order valence-corrected chi connectivity index (χ3v) is 6.33. The standard InChI is InChI=1S/C26H26FN8O/c1-16-4-5-18(13-35(16)17(2)36)26-32-22(23-12-28-6-7-29-23)11-25(33-26)31-21-9-19(8-20(27)10-21)24-14-34(3)15-30-24/h6-12,14-16,18H,4-5,13H2,1-3H3/q-1/t16-,18+/m0/s1. The largest absolute Gasteiger partial charge is 0.436 e. The number of carbonyl (C=O) groups excluding carboxylic acids is 1. The number of piperidine rings is 1. The van der Waals surface area contributed by atoms with Crippen molar-refractivity contribution < 1.29 is 9.18 Å². The molecule has 0 aliphatic carbocycles. The summed E-state index contributed by atoms with van der Waals surface area (Å²) in [7, 11) is 1.86. The quantitative estimate of drug-likeness (QED) is 0.397. The Kier molecular flexibility index (Phi) is 6.41. The molecule has 0 N–H and O–H groups in total. The predicted octanol–water partition coefficient (Wildman–Crippen LogP) is 4.92. The number of benzene rings is 1. The Bertz CT molecular complexity index is 1390. The van der Waals surface area contributed by atoms with Crippen LogP contribution in [0.1, 0.15) is 38.4 Å². The summed E-state index contributed by atoms with van der Waals surface area (Å²) in [4.78, 5) is 36.4. The first-order chi connectivity index (χ1) is 17.4. The van der Waals surface area contributed by atoms with Crippen LogP contribution in [0.3, 0.4) is 0 Å². The Morgan fingerprint density at radius 2 is 1.92 bits per heavy atom. The molecule has 184 valence electrons. The van der Waals surface area contributed by atoms with Gasteiger partial charge in [0.05, 0.1) is 23.9 Å². The highest BCUT2D eigenvalue weighted by Crippen LogP contribution is 2.36. The van der Waals surface area contributed by atoms with Gasteiger partial charge in [-0.15, -0.1) is 0 Å². The highest BCUT2D eigenvalue weighted by Gasteiger charge is 2.28. The lowest BCUT2D eigenvalue weighted by Crippen LogP contribution is -2.44. The number of halogens is 1. The third-order valence-electron chi connectivity index (χ3n) is 6.33. The number of imidazole rings is 1. The molecule has 2 atom stereocenters. The first-order valence-corrected chi connectivity index (χ1v) is 11.8. The van der Waals surface area contributed by atoms with Crippen molar-refractivity contribution in [3.05, 3.63) is 72.3 Å². The summed E-state index contributed by atoms with van der Waals surface area (Å²) in [5.74, 6) is 0.526. The Hall–Kier alpha value is -4.21. The molecule has 1 amide bonds. The number of amides is 1. The van der Waals surface area contributed by atoms with Gasteiger partial charge in [-0.1, -0.05) is 5.82 Å². The lowest BCUT2D eigenvalue weighted by atomic mass is 9.92. The molecule has 1 aliphatic rings. The number of aromatic nitrogens is 6. The maximum absolute atomic E-state index is 14.5. The molecule has 9 nitrogen and oxygen atoms in total. The van der Waals surface area contributed by atoms with Gasteiger partial charge >= 0.3 is 0 Å². The van der Waals surface area contributed by atoms with E-state index in [-0.39, 0.29) is 17.9 Å². The second-order valence-electron chi connectivity index (χ2n) is 9.09. The van der Waals surface area contributed by atoms with Crippen LogP contribution in [0.25, 0.3) is 28.0 Å². The Labute approximate surface area is 208 Å². The van der Waals surface area contributed by atoms with Crippen LogP contribution in [0.2, 0.25) is 0 Å². The predicted molar refractivity (Wildman–Crippen MR) is 133 cm³/mol. The van der Waals surface area contributed by atoms with Crippen molar-refractivity contribution in [2.45, 2.75) is 38.6 Å². The second-order valence-corrected chi connectivity index (χ2v) is 9.09. The van der Waals surface area contributed by atoms with E-state index in [1.165, 1.54) is 12.1 Å². The molecule has 1 aromatic carbocycles. The fourth-order valence-corrected chi connectivity index (χ4v) is 4.49. The third kappa shape index (κ3) is 5.07. The van der Waals surface area contributed by atoms with Crippen LogP contribution < -0.4 is 0 Å². The molecule has 4 aromatic rings. The molecule has 0 unspecified atom stereocenters. The van der Waals surface area contributed by atoms with E-state index in [1.807, 2.05) is 18.1 Å². The van der Waals surface area contributed by atoms with Crippen LogP contribution >= 0.6 is 0 Å². The topological polar surface area (TPSA) is 104 Å².